The number of fused-ring (bicyclic) bond motifs is 1. The van der Waals surface area contributed by atoms with Gasteiger partial charge in [0.25, 0.3) is 5.56 Å². The number of hydrogen-bond acceptors (Lipinski definition) is 5. The van der Waals surface area contributed by atoms with E-state index in [9.17, 15) is 22.0 Å². The van der Waals surface area contributed by atoms with Gasteiger partial charge < -0.3 is 9.30 Å². The van der Waals surface area contributed by atoms with Gasteiger partial charge in [0.2, 0.25) is 0 Å². The maximum atomic E-state index is 14.8. The number of aromatic nitrogens is 2. The van der Waals surface area contributed by atoms with Gasteiger partial charge in [0.15, 0.2) is 11.6 Å². The van der Waals surface area contributed by atoms with Crippen molar-refractivity contribution in [3.63, 3.8) is 0 Å². The van der Waals surface area contributed by atoms with E-state index >= 15 is 0 Å². The molecule has 198 valence electrons. The van der Waals surface area contributed by atoms with Crippen molar-refractivity contribution in [3.05, 3.63) is 81.1 Å². The molecular formula is C25H20Cl2F2N4O4S. The van der Waals surface area contributed by atoms with Gasteiger partial charge in [0.05, 0.1) is 27.3 Å². The SMILES string of the molecule is Cn1cnc2ccc(Oc3c(F)ccc(-c4ccc(NS(=O)(=O)N5CC[C@@H](F)C5)cc4)c3Cl)c(Cl)c2c1=O. The maximum absolute atomic E-state index is 14.8. The molecule has 0 spiro atoms. The molecule has 1 atom stereocenters. The quantitative estimate of drug-likeness (QED) is 0.323. The third kappa shape index (κ3) is 4.94. The first-order chi connectivity index (χ1) is 18.0. The van der Waals surface area contributed by atoms with Crippen LogP contribution in [0.25, 0.3) is 22.0 Å². The van der Waals surface area contributed by atoms with E-state index in [-0.39, 0.29) is 52.1 Å². The zero-order chi connectivity index (χ0) is 27.2. The third-order valence-corrected chi connectivity index (χ3v) is 8.38. The summed E-state index contributed by atoms with van der Waals surface area (Å²) in [6, 6.07) is 11.8. The number of halogens is 4. The second-order valence-corrected chi connectivity index (χ2v) is 11.1. The second kappa shape index (κ2) is 10.1. The third-order valence-electron chi connectivity index (χ3n) is 6.13. The number of rotatable bonds is 6. The number of alkyl halides is 1. The molecule has 1 aromatic heterocycles. The summed E-state index contributed by atoms with van der Waals surface area (Å²) in [5.74, 6) is -1.04. The molecule has 1 fully saturated rings. The van der Waals surface area contributed by atoms with Crippen LogP contribution in [-0.2, 0) is 17.3 Å². The summed E-state index contributed by atoms with van der Waals surface area (Å²) in [4.78, 5) is 16.7. The number of hydrogen-bond donors (Lipinski definition) is 1. The zero-order valence-corrected chi connectivity index (χ0v) is 22.1. The molecule has 0 radical (unpaired) electrons. The van der Waals surface area contributed by atoms with Gasteiger partial charge in [-0.05, 0) is 48.4 Å². The van der Waals surface area contributed by atoms with Crippen molar-refractivity contribution in [1.82, 2.24) is 13.9 Å². The molecule has 5 rings (SSSR count). The van der Waals surface area contributed by atoms with Gasteiger partial charge in [-0.1, -0.05) is 35.3 Å². The summed E-state index contributed by atoms with van der Waals surface area (Å²) in [5, 5.41) is 0.0290. The molecule has 0 unspecified atom stereocenters. The highest BCUT2D eigenvalue weighted by Crippen LogP contribution is 2.42. The van der Waals surface area contributed by atoms with Crippen LogP contribution in [0.4, 0.5) is 14.5 Å². The molecule has 13 heteroatoms. The predicted molar refractivity (Wildman–Crippen MR) is 143 cm³/mol. The van der Waals surface area contributed by atoms with Gasteiger partial charge in [0, 0.05) is 31.4 Å². The fraction of sp³-hybridized carbons (Fsp3) is 0.200. The minimum Gasteiger partial charge on any atom is -0.451 e. The van der Waals surface area contributed by atoms with Crippen molar-refractivity contribution in [3.8, 4) is 22.6 Å². The molecule has 2 heterocycles. The first-order valence-electron chi connectivity index (χ1n) is 11.4. The van der Waals surface area contributed by atoms with Crippen molar-refractivity contribution in [2.24, 2.45) is 7.05 Å². The second-order valence-electron chi connectivity index (χ2n) is 8.70. The Bertz CT molecular complexity index is 1720. The monoisotopic (exact) mass is 580 g/mol. The molecule has 0 amide bonds. The van der Waals surface area contributed by atoms with Gasteiger partial charge in [-0.25, -0.2) is 13.8 Å². The number of aryl methyl sites for hydroxylation is 1. The summed E-state index contributed by atoms with van der Waals surface area (Å²) < 4.78 is 63.7. The molecule has 38 heavy (non-hydrogen) atoms. The molecule has 0 aliphatic carbocycles. The number of nitrogens with one attached hydrogen (secondary N) is 1. The van der Waals surface area contributed by atoms with E-state index in [0.29, 0.717) is 16.6 Å². The molecule has 1 aliphatic rings. The Morgan fingerprint density at radius 2 is 1.82 bits per heavy atom. The largest absolute Gasteiger partial charge is 0.451 e. The summed E-state index contributed by atoms with van der Waals surface area (Å²) in [6.07, 6.45) is 0.340. The summed E-state index contributed by atoms with van der Waals surface area (Å²) in [7, 11) is -2.37. The van der Waals surface area contributed by atoms with Crippen LogP contribution in [-0.4, -0.2) is 41.5 Å². The minimum atomic E-state index is -3.90. The highest BCUT2D eigenvalue weighted by Gasteiger charge is 2.31. The molecule has 1 N–H and O–H groups in total. The Labute approximate surface area is 226 Å². The summed E-state index contributed by atoms with van der Waals surface area (Å²) in [6.45, 7) is -0.0808. The Balaban J connectivity index is 1.44. The normalized spacial score (nSPS) is 16.2. The fourth-order valence-electron chi connectivity index (χ4n) is 4.11. The average Bonchev–Trinajstić information content (AvgIpc) is 3.33. The average molecular weight is 581 g/mol. The highest BCUT2D eigenvalue weighted by atomic mass is 35.5. The lowest BCUT2D eigenvalue weighted by Crippen LogP contribution is -2.34. The van der Waals surface area contributed by atoms with Crippen LogP contribution < -0.4 is 15.0 Å². The summed E-state index contributed by atoms with van der Waals surface area (Å²) in [5.41, 5.74) is 1.19. The van der Waals surface area contributed by atoms with E-state index in [1.807, 2.05) is 0 Å². The van der Waals surface area contributed by atoms with Gasteiger partial charge >= 0.3 is 10.2 Å². The van der Waals surface area contributed by atoms with Crippen molar-refractivity contribution in [2.75, 3.05) is 17.8 Å². The van der Waals surface area contributed by atoms with Crippen LogP contribution in [0.2, 0.25) is 10.0 Å². The highest BCUT2D eigenvalue weighted by molar-refractivity contribution is 7.90. The Kier molecular flexibility index (Phi) is 7.03. The standard InChI is InChI=1S/C25H20Cl2F2N4O4S/c1-32-13-30-19-8-9-20(23(27)21(19)25(32)34)37-24-18(29)7-6-17(22(24)26)14-2-4-16(5-3-14)31-38(35,36)33-11-10-15(28)12-33/h2-9,13,15,31H,10-12H2,1H3/t15-/m1/s1. The molecule has 0 bridgehead atoms. The van der Waals surface area contributed by atoms with Gasteiger partial charge in [0.1, 0.15) is 11.9 Å². The first kappa shape index (κ1) is 26.4. The molecule has 4 aromatic rings. The van der Waals surface area contributed by atoms with Crippen LogP contribution >= 0.6 is 23.2 Å². The fourth-order valence-corrected chi connectivity index (χ4v) is 5.96. The van der Waals surface area contributed by atoms with E-state index in [1.165, 1.54) is 54.3 Å². The van der Waals surface area contributed by atoms with E-state index in [1.54, 1.807) is 12.1 Å². The van der Waals surface area contributed by atoms with E-state index in [0.717, 1.165) is 4.31 Å². The molecular weight excluding hydrogens is 561 g/mol. The smallest absolute Gasteiger partial charge is 0.301 e. The first-order valence-corrected chi connectivity index (χ1v) is 13.6. The molecule has 1 saturated heterocycles. The van der Waals surface area contributed by atoms with Crippen LogP contribution in [0, 0.1) is 5.82 Å². The Morgan fingerprint density at radius 3 is 2.50 bits per heavy atom. The van der Waals surface area contributed by atoms with Crippen molar-refractivity contribution in [1.29, 1.82) is 0 Å². The molecule has 0 saturated carbocycles. The van der Waals surface area contributed by atoms with Crippen molar-refractivity contribution >= 4 is 50.0 Å². The summed E-state index contributed by atoms with van der Waals surface area (Å²) >= 11 is 13.0. The lowest BCUT2D eigenvalue weighted by atomic mass is 10.0. The molecule has 8 nitrogen and oxygen atoms in total. The van der Waals surface area contributed by atoms with E-state index in [2.05, 4.69) is 9.71 Å². The molecule has 1 aliphatic heterocycles. The predicted octanol–water partition coefficient (Wildman–Crippen LogP) is 5.54. The number of nitrogens with zero attached hydrogens (tertiary/aromatic N) is 3. The Hall–Kier alpha value is -3.25. The number of ether oxygens (including phenoxy) is 1. The Morgan fingerprint density at radius 1 is 1.08 bits per heavy atom. The van der Waals surface area contributed by atoms with Crippen molar-refractivity contribution in [2.45, 2.75) is 12.6 Å². The zero-order valence-electron chi connectivity index (χ0n) is 19.8. The van der Waals surface area contributed by atoms with Crippen molar-refractivity contribution < 1.29 is 21.9 Å². The van der Waals surface area contributed by atoms with Crippen LogP contribution in [0.1, 0.15) is 6.42 Å². The van der Waals surface area contributed by atoms with E-state index in [4.69, 9.17) is 27.9 Å². The van der Waals surface area contributed by atoms with Crippen LogP contribution in [0.3, 0.4) is 0 Å². The molecule has 3 aromatic carbocycles. The minimum absolute atomic E-state index is 0.0180. The van der Waals surface area contributed by atoms with Crippen LogP contribution in [0.5, 0.6) is 11.5 Å². The van der Waals surface area contributed by atoms with Gasteiger partial charge in [-0.3, -0.25) is 9.52 Å². The number of benzene rings is 3. The lowest BCUT2D eigenvalue weighted by Gasteiger charge is -2.17. The maximum Gasteiger partial charge on any atom is 0.301 e. The lowest BCUT2D eigenvalue weighted by molar-refractivity contribution is 0.343. The van der Waals surface area contributed by atoms with Gasteiger partial charge in [-0.2, -0.15) is 12.7 Å². The number of anilines is 1. The van der Waals surface area contributed by atoms with Gasteiger partial charge in [-0.15, -0.1) is 0 Å². The van der Waals surface area contributed by atoms with Crippen LogP contribution in [0.15, 0.2) is 59.7 Å². The topological polar surface area (TPSA) is 93.5 Å². The van der Waals surface area contributed by atoms with E-state index < -0.39 is 27.8 Å².